The SMILES string of the molecule is CCc1ccccc1N/C=C(/C#N)C(=O)N1CC(C)OC(C)C1. The minimum absolute atomic E-state index is 0.0172. The number of amides is 1. The summed E-state index contributed by atoms with van der Waals surface area (Å²) in [7, 11) is 0. The molecule has 2 unspecified atom stereocenters. The Bertz CT molecular complexity index is 623. The number of carbonyl (C=O) groups is 1. The van der Waals surface area contributed by atoms with Crippen molar-refractivity contribution in [1.82, 2.24) is 4.90 Å². The van der Waals surface area contributed by atoms with E-state index in [9.17, 15) is 10.1 Å². The lowest BCUT2D eigenvalue weighted by Gasteiger charge is -2.35. The second-order valence-electron chi connectivity index (χ2n) is 5.79. The van der Waals surface area contributed by atoms with Gasteiger partial charge in [-0.05, 0) is 31.9 Å². The van der Waals surface area contributed by atoms with Crippen molar-refractivity contribution in [2.24, 2.45) is 0 Å². The van der Waals surface area contributed by atoms with Crippen LogP contribution in [-0.2, 0) is 16.0 Å². The summed E-state index contributed by atoms with van der Waals surface area (Å²) in [6.07, 6.45) is 2.35. The molecule has 2 rings (SSSR count). The van der Waals surface area contributed by atoms with E-state index in [1.165, 1.54) is 6.20 Å². The summed E-state index contributed by atoms with van der Waals surface area (Å²) < 4.78 is 5.63. The van der Waals surface area contributed by atoms with Crippen LogP contribution in [0.25, 0.3) is 0 Å². The maximum Gasteiger partial charge on any atom is 0.266 e. The van der Waals surface area contributed by atoms with Crippen LogP contribution in [0.5, 0.6) is 0 Å². The molecule has 0 radical (unpaired) electrons. The van der Waals surface area contributed by atoms with E-state index in [0.29, 0.717) is 13.1 Å². The first-order chi connectivity index (χ1) is 11.0. The zero-order valence-corrected chi connectivity index (χ0v) is 13.9. The summed E-state index contributed by atoms with van der Waals surface area (Å²) in [5, 5.41) is 12.4. The Morgan fingerprint density at radius 1 is 1.39 bits per heavy atom. The van der Waals surface area contributed by atoms with Crippen LogP contribution in [0.4, 0.5) is 5.69 Å². The van der Waals surface area contributed by atoms with Crippen molar-refractivity contribution >= 4 is 11.6 Å². The molecule has 0 bridgehead atoms. The van der Waals surface area contributed by atoms with Crippen LogP contribution in [0.2, 0.25) is 0 Å². The van der Waals surface area contributed by atoms with Gasteiger partial charge in [0.05, 0.1) is 12.2 Å². The minimum atomic E-state index is -0.254. The molecule has 1 saturated heterocycles. The first kappa shape index (κ1) is 17.0. The van der Waals surface area contributed by atoms with Gasteiger partial charge in [-0.3, -0.25) is 4.79 Å². The summed E-state index contributed by atoms with van der Waals surface area (Å²) >= 11 is 0. The molecule has 0 aromatic heterocycles. The molecule has 1 aliphatic rings. The topological polar surface area (TPSA) is 65.4 Å². The molecule has 1 amide bonds. The fraction of sp³-hybridized carbons (Fsp3) is 0.444. The Hall–Kier alpha value is -2.32. The third-order valence-corrected chi connectivity index (χ3v) is 3.83. The van der Waals surface area contributed by atoms with Gasteiger partial charge < -0.3 is 15.0 Å². The van der Waals surface area contributed by atoms with Gasteiger partial charge in [0.25, 0.3) is 5.91 Å². The third kappa shape index (κ3) is 4.33. The molecule has 0 spiro atoms. The van der Waals surface area contributed by atoms with E-state index in [0.717, 1.165) is 17.7 Å². The van der Waals surface area contributed by atoms with E-state index in [2.05, 4.69) is 12.2 Å². The molecule has 23 heavy (non-hydrogen) atoms. The van der Waals surface area contributed by atoms with Gasteiger partial charge in [-0.2, -0.15) is 5.26 Å². The van der Waals surface area contributed by atoms with Crippen molar-refractivity contribution in [2.75, 3.05) is 18.4 Å². The van der Waals surface area contributed by atoms with Crippen LogP contribution in [-0.4, -0.2) is 36.1 Å². The Kier molecular flexibility index (Phi) is 5.78. The number of aryl methyl sites for hydroxylation is 1. The molecule has 5 heteroatoms. The first-order valence-corrected chi connectivity index (χ1v) is 7.94. The summed E-state index contributed by atoms with van der Waals surface area (Å²) in [5.74, 6) is -0.254. The smallest absolute Gasteiger partial charge is 0.266 e. The number of nitriles is 1. The molecule has 1 aliphatic heterocycles. The predicted octanol–water partition coefficient (Wildman–Crippen LogP) is 2.70. The second-order valence-corrected chi connectivity index (χ2v) is 5.79. The highest BCUT2D eigenvalue weighted by Gasteiger charge is 2.27. The maximum atomic E-state index is 12.5. The van der Waals surface area contributed by atoms with Crippen LogP contribution in [0.1, 0.15) is 26.3 Å². The summed E-state index contributed by atoms with van der Waals surface area (Å²) in [5.41, 5.74) is 2.17. The molecular weight excluding hydrogens is 290 g/mol. The molecule has 1 aromatic carbocycles. The van der Waals surface area contributed by atoms with Crippen molar-refractivity contribution in [1.29, 1.82) is 5.26 Å². The number of hydrogen-bond donors (Lipinski definition) is 1. The molecule has 1 N–H and O–H groups in total. The highest BCUT2D eigenvalue weighted by Crippen LogP contribution is 2.17. The van der Waals surface area contributed by atoms with Gasteiger partial charge in [-0.1, -0.05) is 25.1 Å². The second kappa shape index (κ2) is 7.80. The Morgan fingerprint density at radius 2 is 2.04 bits per heavy atom. The zero-order valence-electron chi connectivity index (χ0n) is 13.9. The molecule has 1 heterocycles. The van der Waals surface area contributed by atoms with Crippen molar-refractivity contribution in [2.45, 2.75) is 39.4 Å². The molecule has 2 atom stereocenters. The number of carbonyl (C=O) groups excluding carboxylic acids is 1. The zero-order chi connectivity index (χ0) is 16.8. The minimum Gasteiger partial charge on any atom is -0.372 e. The van der Waals surface area contributed by atoms with Gasteiger partial charge >= 0.3 is 0 Å². The number of morpholine rings is 1. The third-order valence-electron chi connectivity index (χ3n) is 3.83. The largest absolute Gasteiger partial charge is 0.372 e. The van der Waals surface area contributed by atoms with Gasteiger partial charge in [-0.25, -0.2) is 0 Å². The van der Waals surface area contributed by atoms with Gasteiger partial charge in [0.15, 0.2) is 0 Å². The molecule has 1 aromatic rings. The number of ether oxygens (including phenoxy) is 1. The van der Waals surface area contributed by atoms with Crippen LogP contribution < -0.4 is 5.32 Å². The van der Waals surface area contributed by atoms with Crippen molar-refractivity contribution in [3.8, 4) is 6.07 Å². The van der Waals surface area contributed by atoms with Gasteiger partial charge in [0.2, 0.25) is 0 Å². The quantitative estimate of drug-likeness (QED) is 0.685. The van der Waals surface area contributed by atoms with Crippen molar-refractivity contribution in [3.05, 3.63) is 41.6 Å². The first-order valence-electron chi connectivity index (χ1n) is 7.94. The average molecular weight is 313 g/mol. The normalized spacial score (nSPS) is 21.7. The average Bonchev–Trinajstić information content (AvgIpc) is 2.54. The highest BCUT2D eigenvalue weighted by atomic mass is 16.5. The lowest BCUT2D eigenvalue weighted by molar-refractivity contribution is -0.138. The molecule has 122 valence electrons. The van der Waals surface area contributed by atoms with E-state index in [-0.39, 0.29) is 23.7 Å². The highest BCUT2D eigenvalue weighted by molar-refractivity contribution is 5.97. The van der Waals surface area contributed by atoms with Gasteiger partial charge in [0, 0.05) is 25.0 Å². The summed E-state index contributed by atoms with van der Waals surface area (Å²) in [4.78, 5) is 14.2. The van der Waals surface area contributed by atoms with Crippen LogP contribution >= 0.6 is 0 Å². The standard InChI is InChI=1S/C18H23N3O2/c1-4-15-7-5-6-8-17(15)20-10-16(9-19)18(22)21-11-13(2)23-14(3)12-21/h5-8,10,13-14,20H,4,11-12H2,1-3H3/b16-10-. The molecule has 5 nitrogen and oxygen atoms in total. The molecular formula is C18H23N3O2. The molecule has 0 saturated carbocycles. The number of para-hydroxylation sites is 1. The molecule has 0 aliphatic carbocycles. The summed E-state index contributed by atoms with van der Waals surface area (Å²) in [6.45, 7) is 6.95. The Morgan fingerprint density at radius 3 is 2.65 bits per heavy atom. The Labute approximate surface area is 137 Å². The van der Waals surface area contributed by atoms with E-state index in [1.807, 2.05) is 44.2 Å². The fourth-order valence-corrected chi connectivity index (χ4v) is 2.78. The van der Waals surface area contributed by atoms with E-state index in [4.69, 9.17) is 4.74 Å². The van der Waals surface area contributed by atoms with Crippen LogP contribution in [0.15, 0.2) is 36.0 Å². The predicted molar refractivity (Wildman–Crippen MR) is 89.7 cm³/mol. The fourth-order valence-electron chi connectivity index (χ4n) is 2.78. The van der Waals surface area contributed by atoms with E-state index < -0.39 is 0 Å². The number of anilines is 1. The van der Waals surface area contributed by atoms with Crippen LogP contribution in [0, 0.1) is 11.3 Å². The lowest BCUT2D eigenvalue weighted by Crippen LogP contribution is -2.48. The maximum absolute atomic E-state index is 12.5. The summed E-state index contributed by atoms with van der Waals surface area (Å²) in [6, 6.07) is 9.86. The van der Waals surface area contributed by atoms with Crippen molar-refractivity contribution in [3.63, 3.8) is 0 Å². The number of benzene rings is 1. The van der Waals surface area contributed by atoms with Crippen LogP contribution in [0.3, 0.4) is 0 Å². The lowest BCUT2D eigenvalue weighted by atomic mass is 10.1. The van der Waals surface area contributed by atoms with E-state index in [1.54, 1.807) is 4.90 Å². The number of rotatable bonds is 4. The Balaban J connectivity index is 2.12. The monoisotopic (exact) mass is 313 g/mol. The number of nitrogens with one attached hydrogen (secondary N) is 1. The van der Waals surface area contributed by atoms with Crippen molar-refractivity contribution < 1.29 is 9.53 Å². The van der Waals surface area contributed by atoms with Gasteiger partial charge in [0.1, 0.15) is 11.6 Å². The molecule has 1 fully saturated rings. The number of hydrogen-bond acceptors (Lipinski definition) is 4. The number of nitrogens with zero attached hydrogens (tertiary/aromatic N) is 2. The van der Waals surface area contributed by atoms with E-state index >= 15 is 0 Å². The van der Waals surface area contributed by atoms with Gasteiger partial charge in [-0.15, -0.1) is 0 Å².